The van der Waals surface area contributed by atoms with Crippen LogP contribution in [-0.4, -0.2) is 20.5 Å². The first kappa shape index (κ1) is 12.3. The zero-order valence-corrected chi connectivity index (χ0v) is 10.7. The summed E-state index contributed by atoms with van der Waals surface area (Å²) in [6, 6.07) is 6.22. The lowest BCUT2D eigenvalue weighted by Crippen LogP contribution is -2.15. The van der Waals surface area contributed by atoms with Gasteiger partial charge in [0.15, 0.2) is 15.6 Å². The number of carbonyl (C=O) groups excluding carboxylic acids is 1. The molecular formula is C13H16O3S. The molecule has 4 heteroatoms. The summed E-state index contributed by atoms with van der Waals surface area (Å²) in [6.07, 6.45) is 5.28. The fourth-order valence-electron chi connectivity index (χ4n) is 1.96. The van der Waals surface area contributed by atoms with Crippen molar-refractivity contribution in [2.45, 2.75) is 30.6 Å². The molecule has 0 atom stereocenters. The van der Waals surface area contributed by atoms with Crippen LogP contribution < -0.4 is 0 Å². The Kier molecular flexibility index (Phi) is 3.33. The number of hydrogen-bond acceptors (Lipinski definition) is 3. The second-order valence-electron chi connectivity index (χ2n) is 4.72. The maximum atomic E-state index is 11.9. The van der Waals surface area contributed by atoms with Crippen LogP contribution in [0, 0.1) is 5.92 Å². The molecule has 3 nitrogen and oxygen atoms in total. The Bertz CT molecular complexity index is 510. The minimum Gasteiger partial charge on any atom is -0.294 e. The van der Waals surface area contributed by atoms with Crippen LogP contribution in [0.4, 0.5) is 0 Å². The smallest absolute Gasteiger partial charge is 0.175 e. The van der Waals surface area contributed by atoms with E-state index in [0.29, 0.717) is 17.9 Å². The fraction of sp³-hybridized carbons (Fsp3) is 0.462. The average molecular weight is 252 g/mol. The predicted octanol–water partition coefficient (Wildman–Crippen LogP) is 2.46. The van der Waals surface area contributed by atoms with Crippen molar-refractivity contribution in [3.8, 4) is 0 Å². The summed E-state index contributed by atoms with van der Waals surface area (Å²) < 4.78 is 22.5. The maximum absolute atomic E-state index is 11.9. The molecular weight excluding hydrogens is 236 g/mol. The first-order valence-electron chi connectivity index (χ1n) is 5.80. The van der Waals surface area contributed by atoms with E-state index in [0.717, 1.165) is 19.1 Å². The van der Waals surface area contributed by atoms with Gasteiger partial charge in [0.05, 0.1) is 4.90 Å². The van der Waals surface area contributed by atoms with Crippen molar-refractivity contribution >= 4 is 15.6 Å². The Labute approximate surface area is 102 Å². The molecule has 0 bridgehead atoms. The van der Waals surface area contributed by atoms with Crippen LogP contribution in [0.2, 0.25) is 0 Å². The highest BCUT2D eigenvalue weighted by atomic mass is 32.2. The summed E-state index contributed by atoms with van der Waals surface area (Å²) in [5, 5.41) is 0. The number of Topliss-reactive ketones (excluding diaryl/α,β-unsaturated/α-hetero) is 1. The SMILES string of the molecule is CS(=O)(=O)c1ccc(C(=O)CC2CCC2)cc1. The van der Waals surface area contributed by atoms with E-state index in [2.05, 4.69) is 0 Å². The molecule has 1 aliphatic rings. The summed E-state index contributed by atoms with van der Waals surface area (Å²) in [7, 11) is -3.17. The van der Waals surface area contributed by atoms with Crippen LogP contribution in [0.15, 0.2) is 29.2 Å². The van der Waals surface area contributed by atoms with Gasteiger partial charge >= 0.3 is 0 Å². The van der Waals surface area contributed by atoms with E-state index < -0.39 is 9.84 Å². The van der Waals surface area contributed by atoms with Crippen LogP contribution in [0.25, 0.3) is 0 Å². The van der Waals surface area contributed by atoms with Crippen molar-refractivity contribution in [3.05, 3.63) is 29.8 Å². The van der Waals surface area contributed by atoms with Gasteiger partial charge in [-0.15, -0.1) is 0 Å². The van der Waals surface area contributed by atoms with Gasteiger partial charge in [-0.05, 0) is 18.1 Å². The van der Waals surface area contributed by atoms with E-state index in [1.165, 1.54) is 18.6 Å². The van der Waals surface area contributed by atoms with Crippen LogP contribution in [0.3, 0.4) is 0 Å². The number of sulfone groups is 1. The molecule has 1 aliphatic carbocycles. The molecule has 0 heterocycles. The highest BCUT2D eigenvalue weighted by Gasteiger charge is 2.21. The van der Waals surface area contributed by atoms with Crippen molar-refractivity contribution in [1.82, 2.24) is 0 Å². The van der Waals surface area contributed by atoms with Crippen molar-refractivity contribution in [2.75, 3.05) is 6.26 Å². The molecule has 0 amide bonds. The Balaban J connectivity index is 2.09. The summed E-state index contributed by atoms with van der Waals surface area (Å²) >= 11 is 0. The third-order valence-corrected chi connectivity index (χ3v) is 4.43. The van der Waals surface area contributed by atoms with Gasteiger partial charge in [0.1, 0.15) is 0 Å². The van der Waals surface area contributed by atoms with Crippen LogP contribution in [0.1, 0.15) is 36.0 Å². The van der Waals surface area contributed by atoms with Crippen molar-refractivity contribution in [2.24, 2.45) is 5.92 Å². The molecule has 0 aromatic heterocycles. The second-order valence-corrected chi connectivity index (χ2v) is 6.74. The van der Waals surface area contributed by atoms with Crippen LogP contribution in [0.5, 0.6) is 0 Å². The van der Waals surface area contributed by atoms with Crippen molar-refractivity contribution in [1.29, 1.82) is 0 Å². The molecule has 0 spiro atoms. The molecule has 17 heavy (non-hydrogen) atoms. The quantitative estimate of drug-likeness (QED) is 0.773. The van der Waals surface area contributed by atoms with Crippen molar-refractivity contribution < 1.29 is 13.2 Å². The third kappa shape index (κ3) is 2.94. The third-order valence-electron chi connectivity index (χ3n) is 3.30. The van der Waals surface area contributed by atoms with Crippen LogP contribution in [-0.2, 0) is 9.84 Å². The molecule has 0 saturated heterocycles. The molecule has 1 saturated carbocycles. The molecule has 0 unspecified atom stereocenters. The lowest BCUT2D eigenvalue weighted by molar-refractivity contribution is 0.0936. The van der Waals surface area contributed by atoms with E-state index in [9.17, 15) is 13.2 Å². The molecule has 1 aromatic rings. The highest BCUT2D eigenvalue weighted by molar-refractivity contribution is 7.90. The monoisotopic (exact) mass is 252 g/mol. The van der Waals surface area contributed by atoms with Gasteiger partial charge in [-0.1, -0.05) is 31.4 Å². The largest absolute Gasteiger partial charge is 0.294 e. The molecule has 2 rings (SSSR count). The van der Waals surface area contributed by atoms with E-state index in [1.54, 1.807) is 12.1 Å². The number of carbonyl (C=O) groups is 1. The molecule has 1 aromatic carbocycles. The van der Waals surface area contributed by atoms with Gasteiger partial charge in [0.2, 0.25) is 0 Å². The van der Waals surface area contributed by atoms with Gasteiger partial charge in [0, 0.05) is 18.2 Å². The first-order valence-corrected chi connectivity index (χ1v) is 7.69. The van der Waals surface area contributed by atoms with Gasteiger partial charge in [-0.25, -0.2) is 8.42 Å². The van der Waals surface area contributed by atoms with E-state index in [4.69, 9.17) is 0 Å². The zero-order valence-electron chi connectivity index (χ0n) is 9.85. The van der Waals surface area contributed by atoms with E-state index in [1.807, 2.05) is 0 Å². The van der Waals surface area contributed by atoms with Crippen LogP contribution >= 0.6 is 0 Å². The molecule has 0 radical (unpaired) electrons. The Morgan fingerprint density at radius 1 is 1.24 bits per heavy atom. The van der Waals surface area contributed by atoms with E-state index in [-0.39, 0.29) is 10.7 Å². The molecule has 1 fully saturated rings. The van der Waals surface area contributed by atoms with Crippen molar-refractivity contribution in [3.63, 3.8) is 0 Å². The Morgan fingerprint density at radius 2 is 1.82 bits per heavy atom. The Morgan fingerprint density at radius 3 is 2.24 bits per heavy atom. The number of hydrogen-bond donors (Lipinski definition) is 0. The molecule has 0 N–H and O–H groups in total. The van der Waals surface area contributed by atoms with Gasteiger partial charge < -0.3 is 0 Å². The van der Waals surface area contributed by atoms with E-state index >= 15 is 0 Å². The number of rotatable bonds is 4. The second kappa shape index (κ2) is 4.61. The summed E-state index contributed by atoms with van der Waals surface area (Å²) in [5.74, 6) is 0.659. The normalized spacial score (nSPS) is 16.5. The van der Waals surface area contributed by atoms with Gasteiger partial charge in [-0.2, -0.15) is 0 Å². The fourth-order valence-corrected chi connectivity index (χ4v) is 2.60. The molecule has 0 aliphatic heterocycles. The van der Waals surface area contributed by atoms with Gasteiger partial charge in [0.25, 0.3) is 0 Å². The average Bonchev–Trinajstić information content (AvgIpc) is 2.22. The first-order chi connectivity index (χ1) is 7.97. The minimum atomic E-state index is -3.17. The number of benzene rings is 1. The maximum Gasteiger partial charge on any atom is 0.175 e. The Hall–Kier alpha value is -1.16. The summed E-state index contributed by atoms with van der Waals surface area (Å²) in [4.78, 5) is 12.1. The highest BCUT2D eigenvalue weighted by Crippen LogP contribution is 2.30. The lowest BCUT2D eigenvalue weighted by Gasteiger charge is -2.24. The predicted molar refractivity (Wildman–Crippen MR) is 65.8 cm³/mol. The minimum absolute atomic E-state index is 0.120. The topological polar surface area (TPSA) is 51.2 Å². The molecule has 92 valence electrons. The zero-order chi connectivity index (χ0) is 12.5. The van der Waals surface area contributed by atoms with Gasteiger partial charge in [-0.3, -0.25) is 4.79 Å². The number of ketones is 1. The standard InChI is InChI=1S/C13H16O3S/c1-17(15,16)12-7-5-11(6-8-12)13(14)9-10-3-2-4-10/h5-8,10H,2-4,9H2,1H3. The summed E-state index contributed by atoms with van der Waals surface area (Å²) in [5.41, 5.74) is 0.615. The summed E-state index contributed by atoms with van der Waals surface area (Å²) in [6.45, 7) is 0. The lowest BCUT2D eigenvalue weighted by atomic mass is 9.81.